The molecule has 0 unspecified atom stereocenters. The smallest absolute Gasteiger partial charge is 0.248 e. The Kier molecular flexibility index (Phi) is 3.04. The van der Waals surface area contributed by atoms with Crippen LogP contribution in [0.25, 0.3) is 0 Å². The third-order valence-electron chi connectivity index (χ3n) is 3.37. The number of phenols is 1. The number of alkyl halides is 2. The first-order valence-corrected chi connectivity index (χ1v) is 5.86. The van der Waals surface area contributed by atoms with Crippen molar-refractivity contribution in [2.24, 2.45) is 5.73 Å². The fourth-order valence-electron chi connectivity index (χ4n) is 2.24. The Morgan fingerprint density at radius 3 is 2.35 bits per heavy atom. The van der Waals surface area contributed by atoms with Gasteiger partial charge in [-0.05, 0) is 31.0 Å². The van der Waals surface area contributed by atoms with E-state index in [1.54, 1.807) is 12.1 Å². The van der Waals surface area contributed by atoms with Gasteiger partial charge in [0.05, 0.1) is 0 Å². The van der Waals surface area contributed by atoms with Crippen LogP contribution in [-0.4, -0.2) is 11.0 Å². The van der Waals surface area contributed by atoms with Gasteiger partial charge in [0, 0.05) is 29.0 Å². The van der Waals surface area contributed by atoms with Crippen LogP contribution in [0.5, 0.6) is 5.75 Å². The number of aromatic hydroxyl groups is 1. The lowest BCUT2D eigenvalue weighted by atomic mass is 9.76. The van der Waals surface area contributed by atoms with E-state index in [-0.39, 0.29) is 31.4 Å². The number of hydrogen-bond acceptors (Lipinski definition) is 2. The number of rotatable bonds is 1. The van der Waals surface area contributed by atoms with Crippen LogP contribution in [0.3, 0.4) is 0 Å². The summed E-state index contributed by atoms with van der Waals surface area (Å²) in [5.41, 5.74) is 5.67. The zero-order valence-corrected chi connectivity index (χ0v) is 9.97. The lowest BCUT2D eigenvalue weighted by Crippen LogP contribution is -2.43. The maximum atomic E-state index is 13.1. The number of nitrogens with two attached hydrogens (primary N) is 1. The van der Waals surface area contributed by atoms with Crippen LogP contribution in [0.15, 0.2) is 18.2 Å². The van der Waals surface area contributed by atoms with Gasteiger partial charge in [-0.25, -0.2) is 8.78 Å². The highest BCUT2D eigenvalue weighted by Crippen LogP contribution is 2.44. The molecule has 2 nitrogen and oxygen atoms in total. The quantitative estimate of drug-likeness (QED) is 0.814. The van der Waals surface area contributed by atoms with Gasteiger partial charge in [-0.2, -0.15) is 0 Å². The van der Waals surface area contributed by atoms with E-state index in [4.69, 9.17) is 17.3 Å². The van der Waals surface area contributed by atoms with Crippen molar-refractivity contribution in [3.05, 3.63) is 28.8 Å². The molecule has 1 aromatic carbocycles. The van der Waals surface area contributed by atoms with Gasteiger partial charge in [-0.3, -0.25) is 0 Å². The van der Waals surface area contributed by atoms with Crippen molar-refractivity contribution >= 4 is 11.6 Å². The lowest BCUT2D eigenvalue weighted by molar-refractivity contribution is -0.0516. The second-order valence-electron chi connectivity index (χ2n) is 4.67. The number of halogens is 3. The van der Waals surface area contributed by atoms with E-state index in [0.717, 1.165) is 0 Å². The number of hydrogen-bond donors (Lipinski definition) is 2. The van der Waals surface area contributed by atoms with Crippen LogP contribution < -0.4 is 5.73 Å². The molecule has 0 saturated heterocycles. The van der Waals surface area contributed by atoms with E-state index in [2.05, 4.69) is 0 Å². The molecule has 17 heavy (non-hydrogen) atoms. The normalized spacial score (nSPS) is 22.4. The number of benzene rings is 1. The average molecular weight is 262 g/mol. The largest absolute Gasteiger partial charge is 0.508 e. The predicted molar refractivity (Wildman–Crippen MR) is 62.4 cm³/mol. The summed E-state index contributed by atoms with van der Waals surface area (Å²) in [5.74, 6) is -2.63. The molecular formula is C12H14ClF2NO. The molecule has 94 valence electrons. The molecule has 2 rings (SSSR count). The molecule has 0 heterocycles. The Morgan fingerprint density at radius 2 is 1.76 bits per heavy atom. The van der Waals surface area contributed by atoms with E-state index in [9.17, 15) is 13.9 Å². The molecule has 1 saturated carbocycles. The zero-order chi connectivity index (χ0) is 12.7. The van der Waals surface area contributed by atoms with Crippen LogP contribution in [-0.2, 0) is 5.54 Å². The minimum absolute atomic E-state index is 0.0158. The predicted octanol–water partition coefficient (Wildman–Crippen LogP) is 3.41. The van der Waals surface area contributed by atoms with Crippen molar-refractivity contribution in [1.29, 1.82) is 0 Å². The van der Waals surface area contributed by atoms with Crippen molar-refractivity contribution in [3.63, 3.8) is 0 Å². The van der Waals surface area contributed by atoms with Crippen molar-refractivity contribution in [1.82, 2.24) is 0 Å². The first-order valence-electron chi connectivity index (χ1n) is 5.48. The fraction of sp³-hybridized carbons (Fsp3) is 0.500. The molecule has 1 aliphatic carbocycles. The maximum absolute atomic E-state index is 13.1. The summed E-state index contributed by atoms with van der Waals surface area (Å²) in [6.07, 6.45) is -0.216. The summed E-state index contributed by atoms with van der Waals surface area (Å²) in [5, 5.41) is 10.2. The van der Waals surface area contributed by atoms with E-state index in [1.165, 1.54) is 6.07 Å². The summed E-state index contributed by atoms with van der Waals surface area (Å²) in [6, 6.07) is 4.54. The summed E-state index contributed by atoms with van der Waals surface area (Å²) in [4.78, 5) is 0. The first-order chi connectivity index (χ1) is 7.82. The molecule has 0 aliphatic heterocycles. The Labute approximate surface area is 103 Å². The summed E-state index contributed by atoms with van der Waals surface area (Å²) < 4.78 is 26.2. The standard InChI is InChI=1S/C12H14ClF2NO/c13-8-1-2-10(17)9(7-8)11(16)3-5-12(14,15)6-4-11/h1-2,7,17H,3-6,16H2. The van der Waals surface area contributed by atoms with Gasteiger partial charge in [0.15, 0.2) is 0 Å². The Morgan fingerprint density at radius 1 is 1.18 bits per heavy atom. The van der Waals surface area contributed by atoms with Crippen LogP contribution >= 0.6 is 11.6 Å². The van der Waals surface area contributed by atoms with E-state index >= 15 is 0 Å². The summed E-state index contributed by atoms with van der Waals surface area (Å²) in [7, 11) is 0. The molecule has 3 N–H and O–H groups in total. The highest BCUT2D eigenvalue weighted by Gasteiger charge is 2.43. The molecule has 1 aliphatic rings. The highest BCUT2D eigenvalue weighted by molar-refractivity contribution is 6.30. The van der Waals surface area contributed by atoms with Crippen molar-refractivity contribution in [2.75, 3.05) is 0 Å². The van der Waals surface area contributed by atoms with E-state index in [1.807, 2.05) is 0 Å². The first kappa shape index (κ1) is 12.6. The minimum Gasteiger partial charge on any atom is -0.508 e. The van der Waals surface area contributed by atoms with Gasteiger partial charge < -0.3 is 10.8 Å². The van der Waals surface area contributed by atoms with Crippen LogP contribution in [0.1, 0.15) is 31.2 Å². The molecule has 0 bridgehead atoms. The van der Waals surface area contributed by atoms with Crippen molar-refractivity contribution in [3.8, 4) is 5.75 Å². The van der Waals surface area contributed by atoms with Gasteiger partial charge in [-0.15, -0.1) is 0 Å². The third kappa shape index (κ3) is 2.53. The van der Waals surface area contributed by atoms with Gasteiger partial charge in [-0.1, -0.05) is 11.6 Å². The molecular weight excluding hydrogens is 248 g/mol. The SMILES string of the molecule is NC1(c2cc(Cl)ccc2O)CCC(F)(F)CC1. The molecule has 5 heteroatoms. The van der Waals surface area contributed by atoms with Crippen LogP contribution in [0.2, 0.25) is 5.02 Å². The molecule has 1 aromatic rings. The molecule has 0 aromatic heterocycles. The molecule has 0 radical (unpaired) electrons. The maximum Gasteiger partial charge on any atom is 0.248 e. The zero-order valence-electron chi connectivity index (χ0n) is 9.22. The second-order valence-corrected chi connectivity index (χ2v) is 5.11. The topological polar surface area (TPSA) is 46.2 Å². The monoisotopic (exact) mass is 261 g/mol. The third-order valence-corrected chi connectivity index (χ3v) is 3.60. The fourth-order valence-corrected chi connectivity index (χ4v) is 2.41. The Hall–Kier alpha value is -0.870. The van der Waals surface area contributed by atoms with E-state index in [0.29, 0.717) is 10.6 Å². The minimum atomic E-state index is -2.64. The highest BCUT2D eigenvalue weighted by atomic mass is 35.5. The molecule has 1 fully saturated rings. The lowest BCUT2D eigenvalue weighted by Gasteiger charge is -2.37. The Balaban J connectivity index is 2.30. The summed E-state index contributed by atoms with van der Waals surface area (Å²) in [6.45, 7) is 0. The van der Waals surface area contributed by atoms with Crippen molar-refractivity contribution < 1.29 is 13.9 Å². The van der Waals surface area contributed by atoms with E-state index < -0.39 is 11.5 Å². The molecule has 0 amide bonds. The van der Waals surface area contributed by atoms with Crippen molar-refractivity contribution in [2.45, 2.75) is 37.1 Å². The Bertz CT molecular complexity index is 427. The number of phenolic OH excluding ortho intramolecular Hbond substituents is 1. The second kappa shape index (κ2) is 4.10. The van der Waals surface area contributed by atoms with Crippen LogP contribution in [0.4, 0.5) is 8.78 Å². The van der Waals surface area contributed by atoms with Gasteiger partial charge in [0.25, 0.3) is 0 Å². The van der Waals surface area contributed by atoms with Gasteiger partial charge in [0.1, 0.15) is 5.75 Å². The van der Waals surface area contributed by atoms with Gasteiger partial charge >= 0.3 is 0 Å². The summed E-state index contributed by atoms with van der Waals surface area (Å²) >= 11 is 5.84. The van der Waals surface area contributed by atoms with Crippen LogP contribution in [0, 0.1) is 0 Å². The molecule has 0 atom stereocenters. The molecule has 0 spiro atoms. The average Bonchev–Trinajstić information content (AvgIpc) is 2.26. The van der Waals surface area contributed by atoms with Gasteiger partial charge in [0.2, 0.25) is 5.92 Å².